The number of furan rings is 1. The summed E-state index contributed by atoms with van der Waals surface area (Å²) in [6, 6.07) is 5.29. The zero-order valence-corrected chi connectivity index (χ0v) is 12.9. The van der Waals surface area contributed by atoms with Gasteiger partial charge < -0.3 is 9.73 Å². The van der Waals surface area contributed by atoms with Gasteiger partial charge >= 0.3 is 0 Å². The minimum atomic E-state index is 0.606. The number of nitrogens with zero attached hydrogens (tertiary/aromatic N) is 2. The first-order valence-electron chi connectivity index (χ1n) is 8.39. The smallest absolute Gasteiger partial charge is 0.117 e. The Hall–Kier alpha value is -1.59. The SMILES string of the molecule is c1coc(CN2CCC(N[C@H]3CCc4cn[nH]c4C3)CC2)c1. The lowest BCUT2D eigenvalue weighted by Crippen LogP contribution is -2.47. The Kier molecular flexibility index (Phi) is 3.99. The number of aryl methyl sites for hydroxylation is 1. The quantitative estimate of drug-likeness (QED) is 0.908. The Morgan fingerprint density at radius 2 is 2.18 bits per heavy atom. The van der Waals surface area contributed by atoms with Crippen molar-refractivity contribution in [3.05, 3.63) is 41.6 Å². The van der Waals surface area contributed by atoms with Gasteiger partial charge in [-0.3, -0.25) is 10.00 Å². The van der Waals surface area contributed by atoms with E-state index in [-0.39, 0.29) is 0 Å². The molecule has 5 heteroatoms. The van der Waals surface area contributed by atoms with Crippen molar-refractivity contribution in [3.8, 4) is 0 Å². The Morgan fingerprint density at radius 1 is 1.27 bits per heavy atom. The van der Waals surface area contributed by atoms with Gasteiger partial charge in [0.05, 0.1) is 19.0 Å². The second-order valence-electron chi connectivity index (χ2n) is 6.61. The Bertz CT molecular complexity index is 584. The molecule has 1 saturated heterocycles. The summed E-state index contributed by atoms with van der Waals surface area (Å²) in [5, 5.41) is 11.2. The maximum Gasteiger partial charge on any atom is 0.117 e. The van der Waals surface area contributed by atoms with Crippen LogP contribution in [0, 0.1) is 0 Å². The molecule has 0 unspecified atom stereocenters. The van der Waals surface area contributed by atoms with E-state index in [0.29, 0.717) is 12.1 Å². The maximum atomic E-state index is 5.44. The number of H-pyrrole nitrogens is 1. The Morgan fingerprint density at radius 3 is 3.00 bits per heavy atom. The van der Waals surface area contributed by atoms with Crippen molar-refractivity contribution in [1.29, 1.82) is 0 Å². The van der Waals surface area contributed by atoms with Crippen LogP contribution in [0.25, 0.3) is 0 Å². The molecule has 0 radical (unpaired) electrons. The molecule has 2 aromatic rings. The van der Waals surface area contributed by atoms with Crippen LogP contribution in [-0.2, 0) is 19.4 Å². The Labute approximate surface area is 131 Å². The van der Waals surface area contributed by atoms with Gasteiger partial charge in [-0.25, -0.2) is 0 Å². The molecule has 2 N–H and O–H groups in total. The van der Waals surface area contributed by atoms with Crippen LogP contribution in [0.5, 0.6) is 0 Å². The lowest BCUT2D eigenvalue weighted by atomic mass is 9.92. The molecule has 4 rings (SSSR count). The lowest BCUT2D eigenvalue weighted by molar-refractivity contribution is 0.171. The molecule has 5 nitrogen and oxygen atoms in total. The summed E-state index contributed by atoms with van der Waals surface area (Å²) in [5.74, 6) is 1.07. The van der Waals surface area contributed by atoms with Crippen molar-refractivity contribution in [3.63, 3.8) is 0 Å². The number of rotatable bonds is 4. The standard InChI is InChI=1S/C17H24N4O/c1-2-16(22-9-1)12-21-7-5-14(6-8-21)19-15-4-3-13-11-18-20-17(13)10-15/h1-2,9,11,14-15,19H,3-8,10,12H2,(H,18,20)/t15-/m0/s1. The van der Waals surface area contributed by atoms with E-state index >= 15 is 0 Å². The average Bonchev–Trinajstić information content (AvgIpc) is 3.20. The highest BCUT2D eigenvalue weighted by Crippen LogP contribution is 2.21. The van der Waals surface area contributed by atoms with Crippen LogP contribution >= 0.6 is 0 Å². The average molecular weight is 300 g/mol. The van der Waals surface area contributed by atoms with Gasteiger partial charge in [0.25, 0.3) is 0 Å². The minimum Gasteiger partial charge on any atom is -0.468 e. The molecule has 118 valence electrons. The molecular formula is C17H24N4O. The van der Waals surface area contributed by atoms with E-state index in [2.05, 4.69) is 26.5 Å². The molecule has 1 atom stereocenters. The third-order valence-corrected chi connectivity index (χ3v) is 5.04. The number of hydrogen-bond acceptors (Lipinski definition) is 4. The second-order valence-corrected chi connectivity index (χ2v) is 6.61. The van der Waals surface area contributed by atoms with E-state index in [1.807, 2.05) is 12.3 Å². The molecule has 1 fully saturated rings. The largest absolute Gasteiger partial charge is 0.468 e. The van der Waals surface area contributed by atoms with Crippen LogP contribution in [0.4, 0.5) is 0 Å². The number of aromatic amines is 1. The molecule has 1 aliphatic carbocycles. The highest BCUT2D eigenvalue weighted by molar-refractivity contribution is 5.21. The van der Waals surface area contributed by atoms with Gasteiger partial charge in [0, 0.05) is 37.3 Å². The highest BCUT2D eigenvalue weighted by atomic mass is 16.3. The van der Waals surface area contributed by atoms with Gasteiger partial charge in [0.1, 0.15) is 5.76 Å². The number of likely N-dealkylation sites (tertiary alicyclic amines) is 1. The molecular weight excluding hydrogens is 276 g/mol. The van der Waals surface area contributed by atoms with Crippen LogP contribution in [0.1, 0.15) is 36.3 Å². The Balaban J connectivity index is 1.24. The first-order valence-corrected chi connectivity index (χ1v) is 8.39. The molecule has 0 spiro atoms. The highest BCUT2D eigenvalue weighted by Gasteiger charge is 2.25. The van der Waals surface area contributed by atoms with Gasteiger partial charge in [0.15, 0.2) is 0 Å². The molecule has 0 saturated carbocycles. The summed E-state index contributed by atoms with van der Waals surface area (Å²) in [4.78, 5) is 2.49. The van der Waals surface area contributed by atoms with Crippen molar-refractivity contribution < 1.29 is 4.42 Å². The summed E-state index contributed by atoms with van der Waals surface area (Å²) in [6.45, 7) is 3.25. The van der Waals surface area contributed by atoms with Crippen molar-refractivity contribution in [2.24, 2.45) is 0 Å². The zero-order chi connectivity index (χ0) is 14.8. The maximum absolute atomic E-state index is 5.44. The molecule has 2 aliphatic rings. The molecule has 22 heavy (non-hydrogen) atoms. The van der Waals surface area contributed by atoms with Gasteiger partial charge in [-0.2, -0.15) is 5.10 Å². The van der Waals surface area contributed by atoms with Crippen LogP contribution in [0.2, 0.25) is 0 Å². The van der Waals surface area contributed by atoms with Gasteiger partial charge in [-0.1, -0.05) is 0 Å². The number of aromatic nitrogens is 2. The van der Waals surface area contributed by atoms with E-state index < -0.39 is 0 Å². The molecule has 0 bridgehead atoms. The fourth-order valence-corrected chi connectivity index (χ4v) is 3.76. The van der Waals surface area contributed by atoms with Crippen molar-refractivity contribution in [2.75, 3.05) is 13.1 Å². The van der Waals surface area contributed by atoms with Crippen LogP contribution < -0.4 is 5.32 Å². The monoisotopic (exact) mass is 300 g/mol. The van der Waals surface area contributed by atoms with E-state index in [9.17, 15) is 0 Å². The second kappa shape index (κ2) is 6.26. The minimum absolute atomic E-state index is 0.606. The summed E-state index contributed by atoms with van der Waals surface area (Å²) in [6.07, 6.45) is 9.69. The van der Waals surface area contributed by atoms with E-state index in [1.165, 1.54) is 30.5 Å². The lowest BCUT2D eigenvalue weighted by Gasteiger charge is -2.35. The van der Waals surface area contributed by atoms with Gasteiger partial charge in [0.2, 0.25) is 0 Å². The van der Waals surface area contributed by atoms with Crippen LogP contribution in [0.15, 0.2) is 29.0 Å². The number of fused-ring (bicyclic) bond motifs is 1. The first kappa shape index (κ1) is 14.0. The summed E-state index contributed by atoms with van der Waals surface area (Å²) in [5.41, 5.74) is 2.74. The van der Waals surface area contributed by atoms with Crippen LogP contribution in [0.3, 0.4) is 0 Å². The summed E-state index contributed by atoms with van der Waals surface area (Å²) in [7, 11) is 0. The molecule has 0 aromatic carbocycles. The zero-order valence-electron chi connectivity index (χ0n) is 12.9. The molecule has 2 aromatic heterocycles. The third-order valence-electron chi connectivity index (χ3n) is 5.04. The van der Waals surface area contributed by atoms with Gasteiger partial charge in [-0.15, -0.1) is 0 Å². The van der Waals surface area contributed by atoms with Crippen molar-refractivity contribution in [2.45, 2.75) is 50.7 Å². The fourth-order valence-electron chi connectivity index (χ4n) is 3.76. The molecule has 3 heterocycles. The molecule has 0 amide bonds. The van der Waals surface area contributed by atoms with Crippen LogP contribution in [-0.4, -0.2) is 40.3 Å². The number of nitrogens with one attached hydrogen (secondary N) is 2. The summed E-state index contributed by atoms with van der Waals surface area (Å²) >= 11 is 0. The predicted molar refractivity (Wildman–Crippen MR) is 84.5 cm³/mol. The molecule has 1 aliphatic heterocycles. The third kappa shape index (κ3) is 3.10. The van der Waals surface area contributed by atoms with E-state index in [1.54, 1.807) is 6.26 Å². The number of hydrogen-bond donors (Lipinski definition) is 2. The summed E-state index contributed by atoms with van der Waals surface area (Å²) < 4.78 is 5.44. The van der Waals surface area contributed by atoms with Crippen molar-refractivity contribution >= 4 is 0 Å². The normalized spacial score (nSPS) is 23.5. The van der Waals surface area contributed by atoms with Crippen molar-refractivity contribution in [1.82, 2.24) is 20.4 Å². The predicted octanol–water partition coefficient (Wildman–Crippen LogP) is 2.11. The fraction of sp³-hybridized carbons (Fsp3) is 0.588. The van der Waals surface area contributed by atoms with E-state index in [4.69, 9.17) is 4.42 Å². The number of piperidine rings is 1. The van der Waals surface area contributed by atoms with Gasteiger partial charge in [-0.05, 0) is 43.4 Å². The topological polar surface area (TPSA) is 57.1 Å². The first-order chi connectivity index (χ1) is 10.9. The van der Waals surface area contributed by atoms with E-state index in [0.717, 1.165) is 38.2 Å².